The molecular formula is C19H28O4. The third-order valence-corrected chi connectivity index (χ3v) is 3.59. The highest BCUT2D eigenvalue weighted by molar-refractivity contribution is 5.93. The standard InChI is InChI=1S/C19H28O4/c1-4-6-7-8-14-22-18(20)16-10-12-17(13-11-16)19(21)23-15(3)9-5-2/h10-13,15H,4-9,14H2,1-3H3. The zero-order valence-electron chi connectivity index (χ0n) is 14.5. The van der Waals surface area contributed by atoms with Crippen LogP contribution in [0.1, 0.15) is 80.0 Å². The molecule has 0 saturated carbocycles. The first-order valence-corrected chi connectivity index (χ1v) is 8.56. The van der Waals surface area contributed by atoms with Crippen molar-refractivity contribution >= 4 is 11.9 Å². The Bertz CT molecular complexity index is 479. The van der Waals surface area contributed by atoms with E-state index in [4.69, 9.17) is 9.47 Å². The van der Waals surface area contributed by atoms with Crippen LogP contribution in [-0.2, 0) is 9.47 Å². The SMILES string of the molecule is CCCCCCOC(=O)c1ccc(C(=O)OC(C)CCC)cc1. The van der Waals surface area contributed by atoms with Gasteiger partial charge < -0.3 is 9.47 Å². The number of hydrogen-bond acceptors (Lipinski definition) is 4. The van der Waals surface area contributed by atoms with E-state index in [1.54, 1.807) is 24.3 Å². The number of ether oxygens (including phenoxy) is 2. The molecule has 0 N–H and O–H groups in total. The van der Waals surface area contributed by atoms with Gasteiger partial charge in [-0.1, -0.05) is 39.5 Å². The van der Waals surface area contributed by atoms with Crippen molar-refractivity contribution in [1.29, 1.82) is 0 Å². The Morgan fingerprint density at radius 1 is 0.913 bits per heavy atom. The van der Waals surface area contributed by atoms with Crippen LogP contribution in [0.25, 0.3) is 0 Å². The van der Waals surface area contributed by atoms with Gasteiger partial charge in [-0.05, 0) is 44.0 Å². The Kier molecular flexibility index (Phi) is 9.03. The highest BCUT2D eigenvalue weighted by Gasteiger charge is 2.13. The summed E-state index contributed by atoms with van der Waals surface area (Å²) in [7, 11) is 0. The third-order valence-electron chi connectivity index (χ3n) is 3.59. The molecule has 23 heavy (non-hydrogen) atoms. The van der Waals surface area contributed by atoms with Gasteiger partial charge in [0.05, 0.1) is 23.8 Å². The predicted octanol–water partition coefficient (Wildman–Crippen LogP) is 4.77. The maximum absolute atomic E-state index is 11.9. The number of carbonyl (C=O) groups is 2. The van der Waals surface area contributed by atoms with Crippen LogP contribution < -0.4 is 0 Å². The van der Waals surface area contributed by atoms with Gasteiger partial charge in [0.1, 0.15) is 0 Å². The Balaban J connectivity index is 2.45. The van der Waals surface area contributed by atoms with Crippen molar-refractivity contribution in [3.63, 3.8) is 0 Å². The fourth-order valence-electron chi connectivity index (χ4n) is 2.24. The van der Waals surface area contributed by atoms with Crippen molar-refractivity contribution in [2.24, 2.45) is 0 Å². The first kappa shape index (κ1) is 19.2. The second kappa shape index (κ2) is 10.8. The van der Waals surface area contributed by atoms with E-state index in [9.17, 15) is 9.59 Å². The maximum Gasteiger partial charge on any atom is 0.338 e. The average Bonchev–Trinajstić information content (AvgIpc) is 2.54. The van der Waals surface area contributed by atoms with Gasteiger partial charge in [-0.15, -0.1) is 0 Å². The van der Waals surface area contributed by atoms with E-state index < -0.39 is 0 Å². The largest absolute Gasteiger partial charge is 0.462 e. The quantitative estimate of drug-likeness (QED) is 0.460. The van der Waals surface area contributed by atoms with Gasteiger partial charge in [-0.25, -0.2) is 9.59 Å². The second-order valence-corrected chi connectivity index (χ2v) is 5.78. The lowest BCUT2D eigenvalue weighted by Gasteiger charge is -2.12. The van der Waals surface area contributed by atoms with Gasteiger partial charge in [-0.3, -0.25) is 0 Å². The minimum absolute atomic E-state index is 0.0970. The number of esters is 2. The van der Waals surface area contributed by atoms with Gasteiger partial charge in [0.15, 0.2) is 0 Å². The Morgan fingerprint density at radius 3 is 2.09 bits per heavy atom. The molecule has 1 unspecified atom stereocenters. The molecule has 0 aliphatic rings. The van der Waals surface area contributed by atoms with Gasteiger partial charge in [0, 0.05) is 0 Å². The molecule has 0 aliphatic carbocycles. The van der Waals surface area contributed by atoms with E-state index in [0.717, 1.165) is 38.5 Å². The summed E-state index contributed by atoms with van der Waals surface area (Å²) in [4.78, 5) is 23.8. The number of hydrogen-bond donors (Lipinski definition) is 0. The molecule has 128 valence electrons. The first-order valence-electron chi connectivity index (χ1n) is 8.56. The highest BCUT2D eigenvalue weighted by atomic mass is 16.5. The van der Waals surface area contributed by atoms with Gasteiger partial charge in [0.25, 0.3) is 0 Å². The van der Waals surface area contributed by atoms with Crippen LogP contribution in [0.3, 0.4) is 0 Å². The Morgan fingerprint density at radius 2 is 1.52 bits per heavy atom. The molecule has 0 amide bonds. The number of rotatable bonds is 10. The summed E-state index contributed by atoms with van der Waals surface area (Å²) in [5.74, 6) is -0.703. The number of carbonyl (C=O) groups excluding carboxylic acids is 2. The molecule has 4 nitrogen and oxygen atoms in total. The minimum atomic E-state index is -0.356. The van der Waals surface area contributed by atoms with Crippen molar-refractivity contribution in [3.05, 3.63) is 35.4 Å². The molecule has 1 aromatic carbocycles. The summed E-state index contributed by atoms with van der Waals surface area (Å²) in [5.41, 5.74) is 0.908. The summed E-state index contributed by atoms with van der Waals surface area (Å²) in [6.07, 6.45) is 5.99. The molecule has 0 aromatic heterocycles. The highest BCUT2D eigenvalue weighted by Crippen LogP contribution is 2.11. The number of benzene rings is 1. The van der Waals surface area contributed by atoms with Crippen molar-refractivity contribution in [1.82, 2.24) is 0 Å². The van der Waals surface area contributed by atoms with Gasteiger partial charge >= 0.3 is 11.9 Å². The monoisotopic (exact) mass is 320 g/mol. The molecule has 0 aliphatic heterocycles. The van der Waals surface area contributed by atoms with Crippen LogP contribution in [0.15, 0.2) is 24.3 Å². The second-order valence-electron chi connectivity index (χ2n) is 5.78. The Labute approximate surface area is 139 Å². The van der Waals surface area contributed by atoms with Crippen LogP contribution in [0.2, 0.25) is 0 Å². The summed E-state index contributed by atoms with van der Waals surface area (Å²) in [6.45, 7) is 6.51. The van der Waals surface area contributed by atoms with Gasteiger partial charge in [-0.2, -0.15) is 0 Å². The molecule has 0 fully saturated rings. The van der Waals surface area contributed by atoms with E-state index in [1.165, 1.54) is 0 Å². The molecule has 1 rings (SSSR count). The van der Waals surface area contributed by atoms with E-state index in [0.29, 0.717) is 17.7 Å². The van der Waals surface area contributed by atoms with E-state index in [2.05, 4.69) is 6.92 Å². The molecule has 0 saturated heterocycles. The smallest absolute Gasteiger partial charge is 0.338 e. The van der Waals surface area contributed by atoms with Gasteiger partial charge in [0.2, 0.25) is 0 Å². The summed E-state index contributed by atoms with van der Waals surface area (Å²) >= 11 is 0. The average molecular weight is 320 g/mol. The number of unbranched alkanes of at least 4 members (excludes halogenated alkanes) is 3. The van der Waals surface area contributed by atoms with Crippen molar-refractivity contribution in [2.45, 2.75) is 65.4 Å². The normalized spacial score (nSPS) is 11.8. The maximum atomic E-state index is 11.9. The lowest BCUT2D eigenvalue weighted by Crippen LogP contribution is -2.15. The van der Waals surface area contributed by atoms with Crippen molar-refractivity contribution < 1.29 is 19.1 Å². The fraction of sp³-hybridized carbons (Fsp3) is 0.579. The molecule has 1 atom stereocenters. The lowest BCUT2D eigenvalue weighted by molar-refractivity contribution is 0.0322. The first-order chi connectivity index (χ1) is 11.1. The molecule has 1 aromatic rings. The summed E-state index contributed by atoms with van der Waals surface area (Å²) < 4.78 is 10.5. The van der Waals surface area contributed by atoms with Crippen LogP contribution in [-0.4, -0.2) is 24.6 Å². The van der Waals surface area contributed by atoms with E-state index in [-0.39, 0.29) is 18.0 Å². The molecule has 0 heterocycles. The predicted molar refractivity (Wildman–Crippen MR) is 90.7 cm³/mol. The van der Waals surface area contributed by atoms with Crippen molar-refractivity contribution in [2.75, 3.05) is 6.61 Å². The van der Waals surface area contributed by atoms with Crippen LogP contribution in [0, 0.1) is 0 Å². The Hall–Kier alpha value is -1.84. The zero-order chi connectivity index (χ0) is 17.1. The van der Waals surface area contributed by atoms with Crippen LogP contribution >= 0.6 is 0 Å². The molecule has 0 spiro atoms. The summed E-state index contributed by atoms with van der Waals surface area (Å²) in [6, 6.07) is 6.42. The van der Waals surface area contributed by atoms with Crippen LogP contribution in [0.4, 0.5) is 0 Å². The molecule has 0 radical (unpaired) electrons. The molecule has 4 heteroatoms. The van der Waals surface area contributed by atoms with E-state index in [1.807, 2.05) is 13.8 Å². The van der Waals surface area contributed by atoms with E-state index >= 15 is 0 Å². The summed E-state index contributed by atoms with van der Waals surface area (Å²) in [5, 5.41) is 0. The third kappa shape index (κ3) is 7.31. The topological polar surface area (TPSA) is 52.6 Å². The zero-order valence-corrected chi connectivity index (χ0v) is 14.5. The van der Waals surface area contributed by atoms with Crippen molar-refractivity contribution in [3.8, 4) is 0 Å². The molecular weight excluding hydrogens is 292 g/mol. The fourth-order valence-corrected chi connectivity index (χ4v) is 2.24. The lowest BCUT2D eigenvalue weighted by atomic mass is 10.1. The molecule has 0 bridgehead atoms. The minimum Gasteiger partial charge on any atom is -0.462 e. The van der Waals surface area contributed by atoms with Crippen LogP contribution in [0.5, 0.6) is 0 Å².